The largest absolute Gasteiger partial charge is 0.396 e. The summed E-state index contributed by atoms with van der Waals surface area (Å²) in [5.41, 5.74) is -0.267. The van der Waals surface area contributed by atoms with E-state index >= 15 is 0 Å². The highest BCUT2D eigenvalue weighted by Crippen LogP contribution is 2.44. The molecule has 1 aromatic heterocycles. The summed E-state index contributed by atoms with van der Waals surface area (Å²) < 4.78 is 38.0. The van der Waals surface area contributed by atoms with Crippen LogP contribution in [0.1, 0.15) is 17.9 Å². The number of aromatic nitrogens is 2. The lowest BCUT2D eigenvalue weighted by Crippen LogP contribution is -2.32. The molecular formula is C8H5ClF3N3O. The third-order valence-electron chi connectivity index (χ3n) is 2.23. The molecule has 0 spiro atoms. The molecule has 1 aromatic rings. The van der Waals surface area contributed by atoms with Gasteiger partial charge >= 0.3 is 6.18 Å². The molecule has 8 heteroatoms. The number of carbonyl (C=O) groups excluding carboxylic acids is 1. The molecule has 0 fully saturated rings. The Morgan fingerprint density at radius 2 is 2.12 bits per heavy atom. The Morgan fingerprint density at radius 1 is 1.44 bits per heavy atom. The molecule has 86 valence electrons. The Hall–Kier alpha value is -1.37. The highest BCUT2D eigenvalue weighted by molar-refractivity contribution is 6.30. The highest BCUT2D eigenvalue weighted by Gasteiger charge is 2.47. The van der Waals surface area contributed by atoms with Crippen molar-refractivity contribution in [3.05, 3.63) is 17.0 Å². The maximum absolute atomic E-state index is 12.7. The van der Waals surface area contributed by atoms with Crippen LogP contribution in [0.3, 0.4) is 0 Å². The van der Waals surface area contributed by atoms with Crippen LogP contribution in [0, 0.1) is 0 Å². The third-order valence-corrected chi connectivity index (χ3v) is 2.53. The predicted octanol–water partition coefficient (Wildman–Crippen LogP) is 2.12. The number of hydrogen-bond donors (Lipinski definition) is 1. The van der Waals surface area contributed by atoms with Gasteiger partial charge in [0.05, 0.1) is 5.92 Å². The van der Waals surface area contributed by atoms with E-state index in [2.05, 4.69) is 15.3 Å². The second-order valence-corrected chi connectivity index (χ2v) is 3.63. The van der Waals surface area contributed by atoms with E-state index in [1.807, 2.05) is 0 Å². The standard InChI is InChI=1S/C8H5ClF3N3O/c9-6-5-3(8(10,11)12)1-4(16)15-7(5)14-2-13-6/h2-3H,1H2,(H,13,14,15,16)/t3-/m1/s1. The fourth-order valence-corrected chi connectivity index (χ4v) is 1.80. The number of nitrogens with zero attached hydrogens (tertiary/aromatic N) is 2. The highest BCUT2D eigenvalue weighted by atomic mass is 35.5. The van der Waals surface area contributed by atoms with Crippen LogP contribution >= 0.6 is 11.6 Å². The minimum atomic E-state index is -4.54. The van der Waals surface area contributed by atoms with Crippen LogP contribution in [0.4, 0.5) is 19.0 Å². The quantitative estimate of drug-likeness (QED) is 0.719. The van der Waals surface area contributed by atoms with Crippen molar-refractivity contribution < 1.29 is 18.0 Å². The molecule has 0 saturated carbocycles. The molecule has 0 aromatic carbocycles. The zero-order chi connectivity index (χ0) is 11.9. The molecular weight excluding hydrogens is 247 g/mol. The second-order valence-electron chi connectivity index (χ2n) is 3.27. The summed E-state index contributed by atoms with van der Waals surface area (Å²) in [6, 6.07) is 0. The van der Waals surface area contributed by atoms with E-state index < -0.39 is 24.4 Å². The van der Waals surface area contributed by atoms with E-state index in [0.29, 0.717) is 0 Å². The number of amides is 1. The Labute approximate surface area is 92.8 Å². The summed E-state index contributed by atoms with van der Waals surface area (Å²) in [5, 5.41) is 1.94. The number of halogens is 4. The van der Waals surface area contributed by atoms with Gasteiger partial charge in [0.1, 0.15) is 17.3 Å². The molecule has 0 saturated heterocycles. The topological polar surface area (TPSA) is 54.9 Å². The summed E-state index contributed by atoms with van der Waals surface area (Å²) in [5.74, 6) is -2.84. The fraction of sp³-hybridized carbons (Fsp3) is 0.375. The summed E-state index contributed by atoms with van der Waals surface area (Å²) in [7, 11) is 0. The van der Waals surface area contributed by atoms with Crippen molar-refractivity contribution in [1.29, 1.82) is 0 Å². The lowest BCUT2D eigenvalue weighted by atomic mass is 9.93. The van der Waals surface area contributed by atoms with Crippen molar-refractivity contribution in [3.8, 4) is 0 Å². The number of carbonyl (C=O) groups is 1. The predicted molar refractivity (Wildman–Crippen MR) is 49.1 cm³/mol. The zero-order valence-corrected chi connectivity index (χ0v) is 8.43. The van der Waals surface area contributed by atoms with E-state index in [0.717, 1.165) is 6.33 Å². The first-order valence-corrected chi connectivity index (χ1v) is 4.64. The van der Waals surface area contributed by atoms with Crippen molar-refractivity contribution >= 4 is 23.3 Å². The molecule has 4 nitrogen and oxygen atoms in total. The lowest BCUT2D eigenvalue weighted by Gasteiger charge is -2.26. The van der Waals surface area contributed by atoms with Gasteiger partial charge in [-0.3, -0.25) is 4.79 Å². The smallest absolute Gasteiger partial charge is 0.310 e. The molecule has 16 heavy (non-hydrogen) atoms. The summed E-state index contributed by atoms with van der Waals surface area (Å²) in [6.07, 6.45) is -4.23. The summed E-state index contributed by atoms with van der Waals surface area (Å²) in [6.45, 7) is 0. The Bertz CT molecular complexity index is 449. The van der Waals surface area contributed by atoms with Crippen molar-refractivity contribution in [2.75, 3.05) is 5.32 Å². The van der Waals surface area contributed by atoms with Crippen molar-refractivity contribution in [1.82, 2.24) is 9.97 Å². The van der Waals surface area contributed by atoms with Crippen molar-refractivity contribution in [3.63, 3.8) is 0 Å². The fourth-order valence-electron chi connectivity index (χ4n) is 1.53. The van der Waals surface area contributed by atoms with Crippen LogP contribution in [0.5, 0.6) is 0 Å². The van der Waals surface area contributed by atoms with E-state index in [-0.39, 0.29) is 16.5 Å². The van der Waals surface area contributed by atoms with Crippen molar-refractivity contribution in [2.24, 2.45) is 0 Å². The first-order valence-electron chi connectivity index (χ1n) is 4.26. The third kappa shape index (κ3) is 1.82. The van der Waals surface area contributed by atoms with Crippen LogP contribution in [-0.2, 0) is 4.79 Å². The summed E-state index contributed by atoms with van der Waals surface area (Å²) in [4.78, 5) is 18.1. The van der Waals surface area contributed by atoms with Gasteiger partial charge in [-0.1, -0.05) is 11.6 Å². The van der Waals surface area contributed by atoms with Gasteiger partial charge in [-0.05, 0) is 0 Å². The van der Waals surface area contributed by atoms with Gasteiger partial charge in [-0.25, -0.2) is 9.97 Å². The van der Waals surface area contributed by atoms with Gasteiger partial charge in [-0.2, -0.15) is 13.2 Å². The first-order chi connectivity index (χ1) is 7.39. The number of anilines is 1. The molecule has 1 atom stereocenters. The molecule has 0 radical (unpaired) electrons. The van der Waals surface area contributed by atoms with Gasteiger partial charge in [0, 0.05) is 12.0 Å². The van der Waals surface area contributed by atoms with E-state index in [4.69, 9.17) is 11.6 Å². The lowest BCUT2D eigenvalue weighted by molar-refractivity contribution is -0.156. The Morgan fingerprint density at radius 3 is 2.75 bits per heavy atom. The van der Waals surface area contributed by atoms with Gasteiger partial charge in [-0.15, -0.1) is 0 Å². The van der Waals surface area contributed by atoms with Gasteiger partial charge in [0.15, 0.2) is 0 Å². The zero-order valence-electron chi connectivity index (χ0n) is 7.68. The molecule has 1 amide bonds. The van der Waals surface area contributed by atoms with Crippen LogP contribution in [0.2, 0.25) is 5.15 Å². The molecule has 0 aliphatic carbocycles. The minimum Gasteiger partial charge on any atom is -0.310 e. The van der Waals surface area contributed by atoms with Crippen LogP contribution in [-0.4, -0.2) is 22.1 Å². The Balaban J connectivity index is 2.56. The summed E-state index contributed by atoms with van der Waals surface area (Å²) >= 11 is 5.59. The maximum atomic E-state index is 12.7. The van der Waals surface area contributed by atoms with Crippen LogP contribution < -0.4 is 5.32 Å². The SMILES string of the molecule is O=C1C[C@@H](C(F)(F)F)c2c(Cl)ncnc2N1. The van der Waals surface area contributed by atoms with Gasteiger partial charge in [0.2, 0.25) is 5.91 Å². The van der Waals surface area contributed by atoms with Crippen LogP contribution in [0.25, 0.3) is 0 Å². The average molecular weight is 252 g/mol. The number of fused-ring (bicyclic) bond motifs is 1. The number of nitrogens with one attached hydrogen (secondary N) is 1. The van der Waals surface area contributed by atoms with E-state index in [9.17, 15) is 18.0 Å². The molecule has 1 aliphatic heterocycles. The van der Waals surface area contributed by atoms with Crippen molar-refractivity contribution in [2.45, 2.75) is 18.5 Å². The molecule has 2 rings (SSSR count). The normalized spacial score (nSPS) is 20.2. The van der Waals surface area contributed by atoms with Crippen LogP contribution in [0.15, 0.2) is 6.33 Å². The maximum Gasteiger partial charge on any atom is 0.396 e. The van der Waals surface area contributed by atoms with E-state index in [1.165, 1.54) is 0 Å². The number of hydrogen-bond acceptors (Lipinski definition) is 3. The van der Waals surface area contributed by atoms with Gasteiger partial charge in [0.25, 0.3) is 0 Å². The van der Waals surface area contributed by atoms with Gasteiger partial charge < -0.3 is 5.32 Å². The molecule has 1 N–H and O–H groups in total. The molecule has 2 heterocycles. The second kappa shape index (κ2) is 3.58. The average Bonchev–Trinajstić information content (AvgIpc) is 2.15. The number of rotatable bonds is 0. The monoisotopic (exact) mass is 251 g/mol. The minimum absolute atomic E-state index is 0.168. The molecule has 1 aliphatic rings. The molecule has 0 unspecified atom stereocenters. The Kier molecular flexibility index (Phi) is 2.49. The van der Waals surface area contributed by atoms with E-state index in [1.54, 1.807) is 0 Å². The molecule has 0 bridgehead atoms. The first kappa shape index (κ1) is 11.1. The number of alkyl halides is 3.